The van der Waals surface area contributed by atoms with Crippen molar-refractivity contribution in [3.05, 3.63) is 65.7 Å². The summed E-state index contributed by atoms with van der Waals surface area (Å²) in [5.74, 6) is 0. The van der Waals surface area contributed by atoms with Gasteiger partial charge in [0.05, 0.1) is 0 Å². The van der Waals surface area contributed by atoms with Crippen molar-refractivity contribution < 1.29 is 0 Å². The van der Waals surface area contributed by atoms with Crippen LogP contribution in [0, 0.1) is 6.92 Å². The number of benzene rings is 2. The topological polar surface area (TPSA) is 38.0 Å². The van der Waals surface area contributed by atoms with E-state index < -0.39 is 5.12 Å². The maximum atomic E-state index is 6.30. The smallest absolute Gasteiger partial charge is 0.190 e. The highest BCUT2D eigenvalue weighted by Gasteiger charge is 2.23. The lowest BCUT2D eigenvalue weighted by Gasteiger charge is -2.25. The summed E-state index contributed by atoms with van der Waals surface area (Å²) in [4.78, 5) is 0. The Morgan fingerprint density at radius 1 is 1.00 bits per heavy atom. The quantitative estimate of drug-likeness (QED) is 0.495. The molecule has 0 aliphatic rings. The molecule has 1 unspecified atom stereocenters. The average molecular weight is 247 g/mol. The van der Waals surface area contributed by atoms with E-state index >= 15 is 0 Å². The third-order valence-electron chi connectivity index (χ3n) is 2.57. The van der Waals surface area contributed by atoms with Gasteiger partial charge in [0.15, 0.2) is 5.12 Å². The molecule has 2 nitrogen and oxygen atoms in total. The van der Waals surface area contributed by atoms with Crippen LogP contribution in [0.15, 0.2) is 54.6 Å². The number of halogens is 1. The van der Waals surface area contributed by atoms with Crippen molar-refractivity contribution in [3.63, 3.8) is 0 Å². The van der Waals surface area contributed by atoms with E-state index in [0.717, 1.165) is 11.3 Å². The summed E-state index contributed by atoms with van der Waals surface area (Å²) in [6, 6.07) is 17.5. The Hall–Kier alpha value is -1.51. The van der Waals surface area contributed by atoms with E-state index in [0.29, 0.717) is 0 Å². The molecule has 0 heterocycles. The van der Waals surface area contributed by atoms with E-state index in [1.165, 1.54) is 5.56 Å². The minimum absolute atomic E-state index is 0.835. The van der Waals surface area contributed by atoms with Gasteiger partial charge in [-0.1, -0.05) is 59.6 Å². The van der Waals surface area contributed by atoms with Gasteiger partial charge >= 0.3 is 0 Å². The van der Waals surface area contributed by atoms with Crippen molar-refractivity contribution in [3.8, 4) is 0 Å². The van der Waals surface area contributed by atoms with E-state index in [4.69, 9.17) is 17.3 Å². The summed E-state index contributed by atoms with van der Waals surface area (Å²) in [5.41, 5.74) is 9.00. The minimum atomic E-state index is -1.09. The van der Waals surface area contributed by atoms with Crippen LogP contribution >= 0.6 is 11.6 Å². The first-order chi connectivity index (χ1) is 8.08. The Morgan fingerprint density at radius 2 is 1.59 bits per heavy atom. The number of anilines is 1. The first-order valence-electron chi connectivity index (χ1n) is 5.46. The Labute approximate surface area is 106 Å². The molecule has 0 radical (unpaired) electrons. The van der Waals surface area contributed by atoms with Crippen molar-refractivity contribution in [2.24, 2.45) is 5.73 Å². The van der Waals surface area contributed by atoms with Gasteiger partial charge < -0.3 is 5.32 Å². The molecule has 88 valence electrons. The van der Waals surface area contributed by atoms with Crippen LogP contribution in [0.25, 0.3) is 0 Å². The molecular weight excluding hydrogens is 232 g/mol. The normalized spacial score (nSPS) is 14.1. The molecule has 0 amide bonds. The molecule has 3 heteroatoms. The molecule has 0 aliphatic heterocycles. The molecule has 0 aliphatic carbocycles. The van der Waals surface area contributed by atoms with Crippen LogP contribution in [0.4, 0.5) is 5.69 Å². The highest BCUT2D eigenvalue weighted by Crippen LogP contribution is 2.25. The highest BCUT2D eigenvalue weighted by atomic mass is 35.5. The van der Waals surface area contributed by atoms with Crippen molar-refractivity contribution in [1.82, 2.24) is 0 Å². The number of nitrogens with one attached hydrogen (secondary N) is 1. The molecule has 2 aromatic rings. The molecule has 0 bridgehead atoms. The highest BCUT2D eigenvalue weighted by molar-refractivity contribution is 6.24. The van der Waals surface area contributed by atoms with Crippen molar-refractivity contribution in [2.45, 2.75) is 12.0 Å². The summed E-state index contributed by atoms with van der Waals surface area (Å²) in [6.07, 6.45) is 0. The molecule has 2 aromatic carbocycles. The van der Waals surface area contributed by atoms with E-state index in [1.807, 2.05) is 61.5 Å². The Bertz CT molecular complexity index is 477. The monoisotopic (exact) mass is 246 g/mol. The standard InChI is InChI=1S/C14H15ClN2/c1-11-7-9-13(10-8-11)17-14(15,16)12-5-3-2-4-6-12/h2-10,17H,16H2,1H3. The van der Waals surface area contributed by atoms with Gasteiger partial charge in [0, 0.05) is 11.3 Å². The second-order valence-corrected chi connectivity index (χ2v) is 4.66. The predicted molar refractivity (Wildman–Crippen MR) is 73.0 cm³/mol. The predicted octanol–water partition coefficient (Wildman–Crippen LogP) is 3.41. The van der Waals surface area contributed by atoms with Crippen LogP contribution in [0.3, 0.4) is 0 Å². The number of hydrogen-bond acceptors (Lipinski definition) is 2. The van der Waals surface area contributed by atoms with Crippen molar-refractivity contribution in [1.29, 1.82) is 0 Å². The molecule has 2 rings (SSSR count). The molecule has 0 spiro atoms. The lowest BCUT2D eigenvalue weighted by molar-refractivity contribution is 0.741. The van der Waals surface area contributed by atoms with E-state index in [-0.39, 0.29) is 0 Å². The van der Waals surface area contributed by atoms with Gasteiger partial charge in [-0.2, -0.15) is 0 Å². The maximum Gasteiger partial charge on any atom is 0.190 e. The Kier molecular flexibility index (Phi) is 3.36. The number of rotatable bonds is 3. The number of hydrogen-bond donors (Lipinski definition) is 2. The third-order valence-corrected chi connectivity index (χ3v) is 2.88. The Balaban J connectivity index is 2.20. The lowest BCUT2D eigenvalue weighted by Crippen LogP contribution is -2.38. The fraction of sp³-hybridized carbons (Fsp3) is 0.143. The maximum absolute atomic E-state index is 6.30. The van der Waals surface area contributed by atoms with E-state index in [1.54, 1.807) is 0 Å². The molecule has 0 saturated heterocycles. The number of nitrogens with two attached hydrogens (primary N) is 1. The van der Waals surface area contributed by atoms with Gasteiger partial charge in [-0.25, -0.2) is 0 Å². The van der Waals surface area contributed by atoms with Crippen LogP contribution in [-0.4, -0.2) is 0 Å². The molecule has 3 N–H and O–H groups in total. The molecule has 1 atom stereocenters. The van der Waals surface area contributed by atoms with Crippen LogP contribution in [-0.2, 0) is 5.12 Å². The fourth-order valence-electron chi connectivity index (χ4n) is 1.60. The molecular formula is C14H15ClN2. The first-order valence-corrected chi connectivity index (χ1v) is 5.84. The third kappa shape index (κ3) is 2.99. The van der Waals surface area contributed by atoms with Crippen LogP contribution in [0.2, 0.25) is 0 Å². The zero-order valence-corrected chi connectivity index (χ0v) is 10.4. The summed E-state index contributed by atoms with van der Waals surface area (Å²) in [7, 11) is 0. The minimum Gasteiger partial charge on any atom is -0.351 e. The largest absolute Gasteiger partial charge is 0.351 e. The summed E-state index contributed by atoms with van der Waals surface area (Å²) < 4.78 is 0. The van der Waals surface area contributed by atoms with Crippen molar-refractivity contribution >= 4 is 17.3 Å². The van der Waals surface area contributed by atoms with Gasteiger partial charge in [-0.05, 0) is 19.1 Å². The number of aryl methyl sites for hydroxylation is 1. The van der Waals surface area contributed by atoms with E-state index in [2.05, 4.69) is 5.32 Å². The number of alkyl halides is 1. The van der Waals surface area contributed by atoms with Crippen LogP contribution in [0.1, 0.15) is 11.1 Å². The second-order valence-electron chi connectivity index (χ2n) is 4.07. The average Bonchev–Trinajstić information content (AvgIpc) is 2.33. The van der Waals surface area contributed by atoms with Gasteiger partial charge in [-0.3, -0.25) is 5.73 Å². The van der Waals surface area contributed by atoms with E-state index in [9.17, 15) is 0 Å². The van der Waals surface area contributed by atoms with Gasteiger partial charge in [0.1, 0.15) is 0 Å². The fourth-order valence-corrected chi connectivity index (χ4v) is 1.83. The zero-order chi connectivity index (χ0) is 12.3. The van der Waals surface area contributed by atoms with Gasteiger partial charge in [0.2, 0.25) is 0 Å². The van der Waals surface area contributed by atoms with Crippen molar-refractivity contribution in [2.75, 3.05) is 5.32 Å². The zero-order valence-electron chi connectivity index (χ0n) is 9.65. The summed E-state index contributed by atoms with van der Waals surface area (Å²) >= 11 is 6.30. The van der Waals surface area contributed by atoms with Gasteiger partial charge in [-0.15, -0.1) is 0 Å². The molecule has 0 aromatic heterocycles. The second kappa shape index (κ2) is 4.78. The van der Waals surface area contributed by atoms with Crippen LogP contribution in [0.5, 0.6) is 0 Å². The molecule has 0 fully saturated rings. The molecule has 0 saturated carbocycles. The summed E-state index contributed by atoms with van der Waals surface area (Å²) in [6.45, 7) is 2.04. The lowest BCUT2D eigenvalue weighted by atomic mass is 10.1. The first kappa shape index (κ1) is 12.0. The van der Waals surface area contributed by atoms with Gasteiger partial charge in [0.25, 0.3) is 0 Å². The molecule has 17 heavy (non-hydrogen) atoms. The SMILES string of the molecule is Cc1ccc(NC(N)(Cl)c2ccccc2)cc1. The Morgan fingerprint density at radius 3 is 2.18 bits per heavy atom. The summed E-state index contributed by atoms with van der Waals surface area (Å²) in [5, 5.41) is 2.02. The van der Waals surface area contributed by atoms with Crippen LogP contribution < -0.4 is 11.1 Å².